The third-order valence-electron chi connectivity index (χ3n) is 4.30. The van der Waals surface area contributed by atoms with E-state index in [2.05, 4.69) is 17.0 Å². The lowest BCUT2D eigenvalue weighted by atomic mass is 9.95. The van der Waals surface area contributed by atoms with Crippen molar-refractivity contribution in [3.8, 4) is 0 Å². The van der Waals surface area contributed by atoms with Crippen LogP contribution in [0.5, 0.6) is 0 Å². The average Bonchev–Trinajstić information content (AvgIpc) is 2.88. The molecule has 1 aliphatic rings. The zero-order valence-electron chi connectivity index (χ0n) is 13.0. The number of nitrogens with two attached hydrogens (primary N) is 1. The van der Waals surface area contributed by atoms with Crippen LogP contribution in [0.4, 0.5) is 5.69 Å². The predicted octanol–water partition coefficient (Wildman–Crippen LogP) is 3.60. The van der Waals surface area contributed by atoms with E-state index in [0.717, 1.165) is 6.54 Å². The van der Waals surface area contributed by atoms with Gasteiger partial charge in [-0.15, -0.1) is 12.4 Å². The molecular formula is C17H19Cl2N3O2. The van der Waals surface area contributed by atoms with Crippen LogP contribution in [0.15, 0.2) is 48.5 Å². The van der Waals surface area contributed by atoms with Crippen LogP contribution in [-0.4, -0.2) is 29.0 Å². The fourth-order valence-electron chi connectivity index (χ4n) is 3.20. The Morgan fingerprint density at radius 2 is 1.92 bits per heavy atom. The van der Waals surface area contributed by atoms with Crippen molar-refractivity contribution in [2.24, 2.45) is 5.73 Å². The largest absolute Gasteiger partial charge is 0.326 e. The van der Waals surface area contributed by atoms with Gasteiger partial charge in [-0.25, -0.2) is 0 Å². The van der Waals surface area contributed by atoms with E-state index in [1.165, 1.54) is 11.6 Å². The molecule has 1 aliphatic heterocycles. The van der Waals surface area contributed by atoms with E-state index in [4.69, 9.17) is 17.3 Å². The first kappa shape index (κ1) is 18.7. The van der Waals surface area contributed by atoms with Crippen molar-refractivity contribution in [3.05, 3.63) is 74.8 Å². The molecular weight excluding hydrogens is 349 g/mol. The summed E-state index contributed by atoms with van der Waals surface area (Å²) >= 11 is 5.99. The van der Waals surface area contributed by atoms with Crippen molar-refractivity contribution in [1.29, 1.82) is 0 Å². The Balaban J connectivity index is 0.00000208. The van der Waals surface area contributed by atoms with Gasteiger partial charge in [0.15, 0.2) is 0 Å². The van der Waals surface area contributed by atoms with Gasteiger partial charge in [0.2, 0.25) is 0 Å². The van der Waals surface area contributed by atoms with Gasteiger partial charge in [-0.3, -0.25) is 15.0 Å². The van der Waals surface area contributed by atoms with Crippen LogP contribution in [0.25, 0.3) is 0 Å². The van der Waals surface area contributed by atoms with Crippen LogP contribution in [0, 0.1) is 10.1 Å². The minimum Gasteiger partial charge on any atom is -0.326 e. The topological polar surface area (TPSA) is 72.4 Å². The van der Waals surface area contributed by atoms with Gasteiger partial charge in [-0.2, -0.15) is 0 Å². The highest BCUT2D eigenvalue weighted by molar-refractivity contribution is 6.30. The summed E-state index contributed by atoms with van der Waals surface area (Å²) in [4.78, 5) is 13.0. The first-order valence-corrected chi connectivity index (χ1v) is 7.88. The van der Waals surface area contributed by atoms with Crippen molar-refractivity contribution < 1.29 is 4.92 Å². The van der Waals surface area contributed by atoms with Gasteiger partial charge in [0, 0.05) is 48.2 Å². The minimum absolute atomic E-state index is 0. The van der Waals surface area contributed by atoms with Crippen molar-refractivity contribution >= 4 is 29.7 Å². The molecule has 0 spiro atoms. The number of nitrogens with zero attached hydrogens (tertiary/aromatic N) is 2. The van der Waals surface area contributed by atoms with Crippen LogP contribution < -0.4 is 5.73 Å². The monoisotopic (exact) mass is 367 g/mol. The molecule has 5 nitrogen and oxygen atoms in total. The number of nitro groups is 1. The van der Waals surface area contributed by atoms with Crippen molar-refractivity contribution in [3.63, 3.8) is 0 Å². The fourth-order valence-corrected chi connectivity index (χ4v) is 3.39. The van der Waals surface area contributed by atoms with Crippen LogP contribution in [0.1, 0.15) is 17.0 Å². The maximum atomic E-state index is 11.2. The first-order valence-electron chi connectivity index (χ1n) is 7.50. The number of nitro benzene ring substituents is 1. The van der Waals surface area contributed by atoms with Crippen molar-refractivity contribution in [1.82, 2.24) is 4.90 Å². The van der Waals surface area contributed by atoms with Crippen LogP contribution in [0.3, 0.4) is 0 Å². The molecule has 0 unspecified atom stereocenters. The molecule has 2 atom stereocenters. The Labute approximate surface area is 152 Å². The second-order valence-corrected chi connectivity index (χ2v) is 6.34. The molecule has 0 aromatic heterocycles. The number of hydrogen-bond acceptors (Lipinski definition) is 4. The summed E-state index contributed by atoms with van der Waals surface area (Å²) in [7, 11) is 0. The molecule has 1 heterocycles. The van der Waals surface area contributed by atoms with Gasteiger partial charge < -0.3 is 5.73 Å². The Hall–Kier alpha value is -1.66. The summed E-state index contributed by atoms with van der Waals surface area (Å²) in [6, 6.07) is 14.9. The number of rotatable bonds is 4. The van der Waals surface area contributed by atoms with Gasteiger partial charge >= 0.3 is 0 Å². The molecule has 1 saturated heterocycles. The van der Waals surface area contributed by atoms with Crippen LogP contribution in [0.2, 0.25) is 5.02 Å². The third-order valence-corrected chi connectivity index (χ3v) is 4.54. The summed E-state index contributed by atoms with van der Waals surface area (Å²) in [6.07, 6.45) is 0. The highest BCUT2D eigenvalue weighted by atomic mass is 35.5. The summed E-state index contributed by atoms with van der Waals surface area (Å²) in [5.41, 5.74) is 8.22. The molecule has 1 fully saturated rings. The molecule has 2 aromatic rings. The van der Waals surface area contributed by atoms with Gasteiger partial charge in [-0.05, 0) is 17.7 Å². The van der Waals surface area contributed by atoms with Crippen LogP contribution in [-0.2, 0) is 6.54 Å². The van der Waals surface area contributed by atoms with Gasteiger partial charge in [0.05, 0.1) is 4.92 Å². The average molecular weight is 368 g/mol. The van der Waals surface area contributed by atoms with Crippen LogP contribution >= 0.6 is 24.0 Å². The van der Waals surface area contributed by atoms with Crippen molar-refractivity contribution in [2.45, 2.75) is 18.5 Å². The summed E-state index contributed by atoms with van der Waals surface area (Å²) in [5, 5.41) is 11.7. The summed E-state index contributed by atoms with van der Waals surface area (Å²) < 4.78 is 0. The summed E-state index contributed by atoms with van der Waals surface area (Å²) in [6.45, 7) is 1.98. The smallest absolute Gasteiger partial charge is 0.273 e. The zero-order chi connectivity index (χ0) is 16.4. The second kappa shape index (κ2) is 7.94. The molecule has 24 heavy (non-hydrogen) atoms. The van der Waals surface area contributed by atoms with Gasteiger partial charge in [0.25, 0.3) is 5.69 Å². The molecule has 2 aromatic carbocycles. The number of hydrogen-bond donors (Lipinski definition) is 1. The first-order chi connectivity index (χ1) is 11.0. The maximum absolute atomic E-state index is 11.2. The standard InChI is InChI=1S/C17H18ClN3O2.ClH/c18-14-6-7-17(21(22)23)13(8-14)9-20-10-15(16(19)11-20)12-4-2-1-3-5-12;/h1-8,15-16H,9-11,19H2;1H/t15-,16+;/m0./s1. The Morgan fingerprint density at radius 3 is 2.58 bits per heavy atom. The number of halogens is 2. The Kier molecular flexibility index (Phi) is 6.18. The minimum atomic E-state index is -0.365. The fraction of sp³-hybridized carbons (Fsp3) is 0.294. The van der Waals surface area contributed by atoms with E-state index in [1.54, 1.807) is 12.1 Å². The molecule has 0 radical (unpaired) electrons. The molecule has 3 rings (SSSR count). The van der Waals surface area contributed by atoms with E-state index in [-0.39, 0.29) is 35.0 Å². The Bertz CT molecular complexity index is 712. The second-order valence-electron chi connectivity index (χ2n) is 5.91. The van der Waals surface area contributed by atoms with E-state index in [0.29, 0.717) is 23.7 Å². The maximum Gasteiger partial charge on any atom is 0.273 e. The molecule has 0 bridgehead atoms. The lowest BCUT2D eigenvalue weighted by Gasteiger charge is -2.16. The predicted molar refractivity (Wildman–Crippen MR) is 97.8 cm³/mol. The SMILES string of the molecule is Cl.N[C@@H]1CN(Cc2cc(Cl)ccc2[N+](=O)[O-])C[C@H]1c1ccccc1. The highest BCUT2D eigenvalue weighted by Gasteiger charge is 2.32. The molecule has 128 valence electrons. The zero-order valence-corrected chi connectivity index (χ0v) is 14.5. The quantitative estimate of drug-likeness (QED) is 0.661. The van der Waals surface area contributed by atoms with E-state index in [9.17, 15) is 10.1 Å². The molecule has 7 heteroatoms. The summed E-state index contributed by atoms with van der Waals surface area (Å²) in [5.74, 6) is 0.245. The van der Waals surface area contributed by atoms with Crippen molar-refractivity contribution in [2.75, 3.05) is 13.1 Å². The van der Waals surface area contributed by atoms with E-state index >= 15 is 0 Å². The normalized spacial score (nSPS) is 20.6. The number of likely N-dealkylation sites (tertiary alicyclic amines) is 1. The Morgan fingerprint density at radius 1 is 1.21 bits per heavy atom. The highest BCUT2D eigenvalue weighted by Crippen LogP contribution is 2.30. The number of benzene rings is 2. The van der Waals surface area contributed by atoms with Gasteiger partial charge in [-0.1, -0.05) is 41.9 Å². The molecule has 0 saturated carbocycles. The molecule has 0 amide bonds. The van der Waals surface area contributed by atoms with Gasteiger partial charge in [0.1, 0.15) is 0 Å². The third kappa shape index (κ3) is 4.05. The lowest BCUT2D eigenvalue weighted by molar-refractivity contribution is -0.385. The lowest BCUT2D eigenvalue weighted by Crippen LogP contribution is -2.28. The molecule has 2 N–H and O–H groups in total. The van der Waals surface area contributed by atoms with E-state index in [1.807, 2.05) is 18.2 Å². The van der Waals surface area contributed by atoms with E-state index < -0.39 is 0 Å². The molecule has 0 aliphatic carbocycles.